The van der Waals surface area contributed by atoms with Crippen molar-refractivity contribution < 1.29 is 9.47 Å². The van der Waals surface area contributed by atoms with Crippen LogP contribution in [0, 0.1) is 5.92 Å². The van der Waals surface area contributed by atoms with Crippen LogP contribution in [0.3, 0.4) is 0 Å². The van der Waals surface area contributed by atoms with Gasteiger partial charge in [0.15, 0.2) is 0 Å². The van der Waals surface area contributed by atoms with Gasteiger partial charge in [-0.15, -0.1) is 0 Å². The third-order valence-corrected chi connectivity index (χ3v) is 4.23. The van der Waals surface area contributed by atoms with Crippen molar-refractivity contribution in [2.24, 2.45) is 5.92 Å². The lowest BCUT2D eigenvalue weighted by Crippen LogP contribution is -2.53. The van der Waals surface area contributed by atoms with E-state index >= 15 is 0 Å². The topological polar surface area (TPSA) is 30.5 Å². The van der Waals surface area contributed by atoms with Gasteiger partial charge in [0.05, 0.1) is 20.3 Å². The summed E-state index contributed by atoms with van der Waals surface area (Å²) in [5, 5.41) is 3.46. The number of benzene rings is 1. The molecule has 1 aromatic rings. The molecular weight excluding hydrogens is 214 g/mol. The first kappa shape index (κ1) is 11.1. The number of hydrogen-bond donors (Lipinski definition) is 1. The van der Waals surface area contributed by atoms with Crippen molar-refractivity contribution in [1.29, 1.82) is 0 Å². The fraction of sp³-hybridized carbons (Fsp3) is 0.571. The van der Waals surface area contributed by atoms with Gasteiger partial charge in [0, 0.05) is 5.41 Å². The van der Waals surface area contributed by atoms with Gasteiger partial charge in [0.2, 0.25) is 0 Å². The highest BCUT2D eigenvalue weighted by atomic mass is 16.5. The average molecular weight is 233 g/mol. The first-order valence-corrected chi connectivity index (χ1v) is 6.28. The average Bonchev–Trinajstić information content (AvgIpc) is 2.83. The van der Waals surface area contributed by atoms with E-state index in [4.69, 9.17) is 9.47 Å². The molecule has 2 aliphatic rings. The zero-order valence-corrected chi connectivity index (χ0v) is 10.2. The van der Waals surface area contributed by atoms with Gasteiger partial charge < -0.3 is 14.8 Å². The molecule has 2 fully saturated rings. The summed E-state index contributed by atoms with van der Waals surface area (Å²) in [5.41, 5.74) is 1.65. The Bertz CT molecular complexity index is 378. The summed E-state index contributed by atoms with van der Waals surface area (Å²) in [7, 11) is 1.71. The van der Waals surface area contributed by atoms with E-state index in [0.717, 1.165) is 32.1 Å². The quantitative estimate of drug-likeness (QED) is 0.859. The van der Waals surface area contributed by atoms with Crippen LogP contribution in [0.25, 0.3) is 0 Å². The Morgan fingerprint density at radius 2 is 2.06 bits per heavy atom. The molecule has 1 atom stereocenters. The molecule has 2 heterocycles. The van der Waals surface area contributed by atoms with Crippen molar-refractivity contribution in [3.8, 4) is 5.75 Å². The number of ether oxygens (including phenoxy) is 2. The summed E-state index contributed by atoms with van der Waals surface area (Å²) in [4.78, 5) is 0. The first-order valence-electron chi connectivity index (χ1n) is 6.28. The smallest absolute Gasteiger partial charge is 0.118 e. The van der Waals surface area contributed by atoms with Gasteiger partial charge in [0.1, 0.15) is 5.75 Å². The lowest BCUT2D eigenvalue weighted by atomic mass is 9.68. The van der Waals surface area contributed by atoms with Crippen molar-refractivity contribution in [3.63, 3.8) is 0 Å². The number of methoxy groups -OCH3 is 1. The van der Waals surface area contributed by atoms with E-state index in [1.807, 2.05) is 0 Å². The summed E-state index contributed by atoms with van der Waals surface area (Å²) in [5.74, 6) is 1.64. The Hall–Kier alpha value is -1.06. The van der Waals surface area contributed by atoms with Gasteiger partial charge in [-0.2, -0.15) is 0 Å². The normalized spacial score (nSPS) is 26.5. The van der Waals surface area contributed by atoms with Gasteiger partial charge in [-0.1, -0.05) is 12.1 Å². The van der Waals surface area contributed by atoms with Crippen molar-refractivity contribution in [2.75, 3.05) is 33.4 Å². The summed E-state index contributed by atoms with van der Waals surface area (Å²) in [6.07, 6.45) is 1.26. The minimum Gasteiger partial charge on any atom is -0.497 e. The van der Waals surface area contributed by atoms with Crippen molar-refractivity contribution in [2.45, 2.75) is 11.8 Å². The molecule has 17 heavy (non-hydrogen) atoms. The maximum atomic E-state index is 5.50. The molecule has 3 heteroatoms. The van der Waals surface area contributed by atoms with E-state index < -0.39 is 0 Å². The minimum absolute atomic E-state index is 0.246. The van der Waals surface area contributed by atoms with Crippen LogP contribution in [-0.4, -0.2) is 33.4 Å². The van der Waals surface area contributed by atoms with Gasteiger partial charge in [-0.05, 0) is 43.1 Å². The van der Waals surface area contributed by atoms with Crippen LogP contribution in [0.1, 0.15) is 12.0 Å². The summed E-state index contributed by atoms with van der Waals surface area (Å²) >= 11 is 0. The van der Waals surface area contributed by atoms with Crippen LogP contribution in [0.2, 0.25) is 0 Å². The van der Waals surface area contributed by atoms with E-state index in [1.54, 1.807) is 7.11 Å². The highest BCUT2D eigenvalue weighted by Gasteiger charge is 2.47. The maximum Gasteiger partial charge on any atom is 0.118 e. The van der Waals surface area contributed by atoms with E-state index in [1.165, 1.54) is 12.0 Å². The molecule has 0 saturated carbocycles. The van der Waals surface area contributed by atoms with Crippen molar-refractivity contribution >= 4 is 0 Å². The molecule has 1 unspecified atom stereocenters. The van der Waals surface area contributed by atoms with E-state index in [2.05, 4.69) is 29.6 Å². The summed E-state index contributed by atoms with van der Waals surface area (Å²) < 4.78 is 10.7. The lowest BCUT2D eigenvalue weighted by Gasteiger charge is -2.46. The van der Waals surface area contributed by atoms with E-state index in [-0.39, 0.29) is 5.41 Å². The molecule has 1 N–H and O–H groups in total. The highest BCUT2D eigenvalue weighted by Crippen LogP contribution is 2.42. The fourth-order valence-corrected chi connectivity index (χ4v) is 3.01. The minimum atomic E-state index is 0.246. The molecular formula is C14H19NO2. The Kier molecular flexibility index (Phi) is 2.81. The van der Waals surface area contributed by atoms with Crippen LogP contribution in [0.4, 0.5) is 0 Å². The molecule has 0 aromatic heterocycles. The van der Waals surface area contributed by atoms with Crippen LogP contribution < -0.4 is 10.1 Å². The molecule has 0 amide bonds. The van der Waals surface area contributed by atoms with Crippen LogP contribution in [-0.2, 0) is 10.2 Å². The molecule has 2 saturated heterocycles. The van der Waals surface area contributed by atoms with Crippen molar-refractivity contribution in [3.05, 3.63) is 29.8 Å². The second-order valence-corrected chi connectivity index (χ2v) is 5.07. The monoisotopic (exact) mass is 233 g/mol. The van der Waals surface area contributed by atoms with Gasteiger partial charge in [0.25, 0.3) is 0 Å². The second-order valence-electron chi connectivity index (χ2n) is 5.07. The van der Waals surface area contributed by atoms with Gasteiger partial charge in [-0.25, -0.2) is 0 Å². The lowest BCUT2D eigenvalue weighted by molar-refractivity contribution is -0.0869. The standard InChI is InChI=1S/C14H19NO2/c1-16-13-4-2-11(3-5-13)14(9-17-10-14)12-6-7-15-8-12/h2-5,12,15H,6-10H2,1H3. The molecule has 92 valence electrons. The molecule has 1 aromatic carbocycles. The van der Waals surface area contributed by atoms with E-state index in [9.17, 15) is 0 Å². The van der Waals surface area contributed by atoms with E-state index in [0.29, 0.717) is 5.92 Å². The second kappa shape index (κ2) is 4.31. The molecule has 0 spiro atoms. The molecule has 0 bridgehead atoms. The molecule has 0 aliphatic carbocycles. The zero-order valence-electron chi connectivity index (χ0n) is 10.2. The molecule has 0 radical (unpaired) electrons. The predicted octanol–water partition coefficient (Wildman–Crippen LogP) is 1.57. The Morgan fingerprint density at radius 3 is 2.53 bits per heavy atom. The third kappa shape index (κ3) is 1.74. The highest BCUT2D eigenvalue weighted by molar-refractivity contribution is 5.35. The largest absolute Gasteiger partial charge is 0.497 e. The number of hydrogen-bond acceptors (Lipinski definition) is 3. The zero-order chi connectivity index (χ0) is 11.7. The fourth-order valence-electron chi connectivity index (χ4n) is 3.01. The number of rotatable bonds is 3. The third-order valence-electron chi connectivity index (χ3n) is 4.23. The summed E-state index contributed by atoms with van der Waals surface area (Å²) in [6.45, 7) is 4.00. The van der Waals surface area contributed by atoms with Crippen LogP contribution in [0.5, 0.6) is 5.75 Å². The predicted molar refractivity (Wildman–Crippen MR) is 66.5 cm³/mol. The molecule has 3 rings (SSSR count). The Balaban J connectivity index is 1.88. The Labute approximate surface area is 102 Å². The molecule has 3 nitrogen and oxygen atoms in total. The Morgan fingerprint density at radius 1 is 1.29 bits per heavy atom. The molecule has 2 aliphatic heterocycles. The summed E-state index contributed by atoms with van der Waals surface area (Å²) in [6, 6.07) is 8.49. The van der Waals surface area contributed by atoms with Gasteiger partial charge >= 0.3 is 0 Å². The van der Waals surface area contributed by atoms with Crippen molar-refractivity contribution in [1.82, 2.24) is 5.32 Å². The van der Waals surface area contributed by atoms with Crippen LogP contribution in [0.15, 0.2) is 24.3 Å². The van der Waals surface area contributed by atoms with Crippen LogP contribution >= 0.6 is 0 Å². The first-order chi connectivity index (χ1) is 8.35. The SMILES string of the molecule is COc1ccc(C2(C3CCNC3)COC2)cc1. The van der Waals surface area contributed by atoms with Gasteiger partial charge in [-0.3, -0.25) is 0 Å². The maximum absolute atomic E-state index is 5.50. The number of nitrogens with one attached hydrogen (secondary N) is 1.